The van der Waals surface area contributed by atoms with Gasteiger partial charge in [-0.05, 0) is 48.1 Å². The first kappa shape index (κ1) is 26.3. The molecule has 0 aromatic heterocycles. The van der Waals surface area contributed by atoms with Crippen molar-refractivity contribution in [3.05, 3.63) is 47.5 Å². The van der Waals surface area contributed by atoms with Crippen molar-refractivity contribution in [2.24, 2.45) is 11.3 Å². The highest BCUT2D eigenvalue weighted by atomic mass is 16.5. The van der Waals surface area contributed by atoms with Crippen LogP contribution in [0, 0.1) is 11.3 Å². The van der Waals surface area contributed by atoms with E-state index in [0.29, 0.717) is 48.7 Å². The van der Waals surface area contributed by atoms with Gasteiger partial charge in [-0.25, -0.2) is 0 Å². The molecule has 0 spiro atoms. The third-order valence-corrected chi connectivity index (χ3v) is 8.30. The fourth-order valence-corrected chi connectivity index (χ4v) is 6.70. The molecule has 2 amide bonds. The van der Waals surface area contributed by atoms with Crippen LogP contribution < -0.4 is 0 Å². The number of ether oxygens (including phenoxy) is 1. The van der Waals surface area contributed by atoms with E-state index in [9.17, 15) is 14.7 Å². The lowest BCUT2D eigenvalue weighted by Gasteiger charge is -2.39. The van der Waals surface area contributed by atoms with Gasteiger partial charge in [-0.1, -0.05) is 45.0 Å². The molecule has 3 atom stereocenters. The second-order valence-electron chi connectivity index (χ2n) is 12.1. The maximum absolute atomic E-state index is 13.1. The SMILES string of the molecule is C[C@H]1C[C@@H](OC[C@@H](O)CN2CCN(CCN3C(=O)c4cccc5cccc(c45)C3=O)CC2)CC(C)(C)C1. The van der Waals surface area contributed by atoms with E-state index in [2.05, 4.69) is 30.6 Å². The van der Waals surface area contributed by atoms with Gasteiger partial charge in [0, 0.05) is 62.3 Å². The Morgan fingerprint density at radius 3 is 2.19 bits per heavy atom. The average Bonchev–Trinajstić information content (AvgIpc) is 2.85. The molecule has 2 heterocycles. The zero-order chi connectivity index (χ0) is 26.2. The largest absolute Gasteiger partial charge is 0.389 e. The molecule has 200 valence electrons. The highest BCUT2D eigenvalue weighted by molar-refractivity contribution is 6.25. The quantitative estimate of drug-likeness (QED) is 0.550. The van der Waals surface area contributed by atoms with Crippen LogP contribution in [-0.2, 0) is 4.74 Å². The molecule has 1 saturated heterocycles. The summed E-state index contributed by atoms with van der Waals surface area (Å²) in [6, 6.07) is 11.3. The predicted molar refractivity (Wildman–Crippen MR) is 145 cm³/mol. The Balaban J connectivity index is 1.07. The molecule has 37 heavy (non-hydrogen) atoms. The minimum Gasteiger partial charge on any atom is -0.389 e. The van der Waals surface area contributed by atoms with Crippen molar-refractivity contribution in [3.63, 3.8) is 0 Å². The second kappa shape index (κ2) is 10.8. The number of carbonyl (C=O) groups excluding carboxylic acids is 2. The van der Waals surface area contributed by atoms with Gasteiger partial charge >= 0.3 is 0 Å². The van der Waals surface area contributed by atoms with Crippen LogP contribution in [0.15, 0.2) is 36.4 Å². The fraction of sp³-hybridized carbons (Fsp3) is 0.600. The molecule has 2 aromatic rings. The van der Waals surface area contributed by atoms with Crippen molar-refractivity contribution in [1.82, 2.24) is 14.7 Å². The van der Waals surface area contributed by atoms with E-state index in [0.717, 1.165) is 49.8 Å². The maximum atomic E-state index is 13.1. The third-order valence-electron chi connectivity index (χ3n) is 8.30. The normalized spacial score (nSPS) is 25.6. The number of hydrogen-bond acceptors (Lipinski definition) is 6. The second-order valence-corrected chi connectivity index (χ2v) is 12.1. The van der Waals surface area contributed by atoms with Crippen molar-refractivity contribution in [3.8, 4) is 0 Å². The number of aliphatic hydroxyl groups excluding tert-OH is 1. The summed E-state index contributed by atoms with van der Waals surface area (Å²) >= 11 is 0. The molecule has 3 aliphatic rings. The van der Waals surface area contributed by atoms with Crippen molar-refractivity contribution < 1.29 is 19.4 Å². The zero-order valence-corrected chi connectivity index (χ0v) is 22.5. The number of aliphatic hydroxyl groups is 1. The van der Waals surface area contributed by atoms with Crippen LogP contribution in [0.25, 0.3) is 10.8 Å². The van der Waals surface area contributed by atoms with Gasteiger partial charge in [0.1, 0.15) is 0 Å². The van der Waals surface area contributed by atoms with Crippen molar-refractivity contribution in [2.75, 3.05) is 52.4 Å². The van der Waals surface area contributed by atoms with E-state index < -0.39 is 6.10 Å². The van der Waals surface area contributed by atoms with Gasteiger partial charge in [0.25, 0.3) is 11.8 Å². The number of benzene rings is 2. The summed E-state index contributed by atoms with van der Waals surface area (Å²) in [7, 11) is 0. The van der Waals surface area contributed by atoms with Crippen LogP contribution in [-0.4, -0.2) is 96.2 Å². The molecule has 1 N–H and O–H groups in total. The minimum atomic E-state index is -0.488. The van der Waals surface area contributed by atoms with E-state index in [1.54, 1.807) is 0 Å². The summed E-state index contributed by atoms with van der Waals surface area (Å²) in [5, 5.41) is 12.3. The number of β-amino-alcohol motifs (C(OH)–C–C–N with tert-alkyl or cyclic N) is 1. The van der Waals surface area contributed by atoms with E-state index in [1.807, 2.05) is 36.4 Å². The molecule has 0 unspecified atom stereocenters. The molecule has 1 aliphatic carbocycles. The molecule has 5 rings (SSSR count). The van der Waals surface area contributed by atoms with Crippen LogP contribution in [0.5, 0.6) is 0 Å². The first-order chi connectivity index (χ1) is 17.7. The number of amides is 2. The lowest BCUT2D eigenvalue weighted by molar-refractivity contribution is -0.0633. The molecule has 0 radical (unpaired) electrons. The Bertz CT molecular complexity index is 1090. The summed E-state index contributed by atoms with van der Waals surface area (Å²) in [6.07, 6.45) is 3.13. The molecule has 2 aromatic carbocycles. The number of rotatable bonds is 8. The van der Waals surface area contributed by atoms with Crippen molar-refractivity contribution in [1.29, 1.82) is 0 Å². The van der Waals surface area contributed by atoms with Gasteiger partial charge in [0.15, 0.2) is 0 Å². The first-order valence-electron chi connectivity index (χ1n) is 13.8. The highest BCUT2D eigenvalue weighted by Gasteiger charge is 2.34. The Kier molecular flexibility index (Phi) is 7.68. The summed E-state index contributed by atoms with van der Waals surface area (Å²) in [4.78, 5) is 32.2. The Labute approximate surface area is 220 Å². The molecule has 2 aliphatic heterocycles. The van der Waals surface area contributed by atoms with Crippen molar-refractivity contribution >= 4 is 22.6 Å². The van der Waals surface area contributed by atoms with Crippen LogP contribution in [0.1, 0.15) is 60.7 Å². The molecule has 2 fully saturated rings. The summed E-state index contributed by atoms with van der Waals surface area (Å²) in [5.74, 6) is 0.261. The Hall–Kier alpha value is -2.32. The van der Waals surface area contributed by atoms with E-state index in [-0.39, 0.29) is 17.9 Å². The van der Waals surface area contributed by atoms with Gasteiger partial charge in [-0.15, -0.1) is 0 Å². The molecule has 7 nitrogen and oxygen atoms in total. The van der Waals surface area contributed by atoms with Crippen LogP contribution >= 0.6 is 0 Å². The van der Waals surface area contributed by atoms with Crippen LogP contribution in [0.4, 0.5) is 0 Å². The number of carbonyl (C=O) groups is 2. The average molecular weight is 508 g/mol. The predicted octanol–water partition coefficient (Wildman–Crippen LogP) is 3.65. The Morgan fingerprint density at radius 1 is 0.946 bits per heavy atom. The van der Waals surface area contributed by atoms with Crippen LogP contribution in [0.2, 0.25) is 0 Å². The number of hydrogen-bond donors (Lipinski definition) is 1. The number of nitrogens with zero attached hydrogens (tertiary/aromatic N) is 3. The summed E-state index contributed by atoms with van der Waals surface area (Å²) < 4.78 is 6.13. The lowest BCUT2D eigenvalue weighted by atomic mass is 9.71. The third kappa shape index (κ3) is 5.90. The van der Waals surface area contributed by atoms with Crippen LogP contribution in [0.3, 0.4) is 0 Å². The van der Waals surface area contributed by atoms with E-state index >= 15 is 0 Å². The van der Waals surface area contributed by atoms with Gasteiger partial charge < -0.3 is 9.84 Å². The smallest absolute Gasteiger partial charge is 0.261 e. The maximum Gasteiger partial charge on any atom is 0.261 e. The molecule has 7 heteroatoms. The van der Waals surface area contributed by atoms with E-state index in [4.69, 9.17) is 4.74 Å². The lowest BCUT2D eigenvalue weighted by Crippen LogP contribution is -2.51. The monoisotopic (exact) mass is 507 g/mol. The minimum absolute atomic E-state index is 0.202. The zero-order valence-electron chi connectivity index (χ0n) is 22.5. The summed E-state index contributed by atoms with van der Waals surface area (Å²) in [5.41, 5.74) is 1.53. The standard InChI is InChI=1S/C30H41N3O4/c1-21-16-24(18-30(2,3)17-21)37-20-23(34)19-32-12-10-31(11-13-32)14-15-33-28(35)25-8-4-6-22-7-5-9-26(27(22)25)29(33)36/h4-9,21,23-24,34H,10-20H2,1-3H3/t21-,23-,24+/m0/s1. The molecular formula is C30H41N3O4. The van der Waals surface area contributed by atoms with Gasteiger partial charge in [-0.2, -0.15) is 0 Å². The van der Waals surface area contributed by atoms with Gasteiger partial charge in [0.05, 0.1) is 18.8 Å². The topological polar surface area (TPSA) is 73.3 Å². The van der Waals surface area contributed by atoms with E-state index in [1.165, 1.54) is 11.3 Å². The Morgan fingerprint density at radius 2 is 1.57 bits per heavy atom. The van der Waals surface area contributed by atoms with Crippen molar-refractivity contribution in [2.45, 2.75) is 52.2 Å². The number of imide groups is 1. The molecular weight excluding hydrogens is 466 g/mol. The molecule has 1 saturated carbocycles. The van der Waals surface area contributed by atoms with Gasteiger partial charge in [-0.3, -0.25) is 24.3 Å². The van der Waals surface area contributed by atoms with Gasteiger partial charge in [0.2, 0.25) is 0 Å². The first-order valence-corrected chi connectivity index (χ1v) is 13.8. The highest BCUT2D eigenvalue weighted by Crippen LogP contribution is 2.39. The number of piperazine rings is 1. The summed E-state index contributed by atoms with van der Waals surface area (Å²) in [6.45, 7) is 12.4. The molecule has 0 bridgehead atoms. The fourth-order valence-electron chi connectivity index (χ4n) is 6.70.